The number of phenols is 2. The molecule has 17 heavy (non-hydrogen) atoms. The molecular formula is C12H15NO4. The lowest BCUT2D eigenvalue weighted by molar-refractivity contribution is -0.138. The highest BCUT2D eigenvalue weighted by atomic mass is 16.4. The molecule has 0 fully saturated rings. The van der Waals surface area contributed by atoms with E-state index in [0.29, 0.717) is 12.1 Å². The Morgan fingerprint density at radius 2 is 2.00 bits per heavy atom. The van der Waals surface area contributed by atoms with Crippen molar-refractivity contribution in [2.45, 2.75) is 32.4 Å². The van der Waals surface area contributed by atoms with Crippen molar-refractivity contribution < 1.29 is 20.1 Å². The minimum atomic E-state index is -0.905. The van der Waals surface area contributed by atoms with Crippen LogP contribution in [-0.2, 0) is 11.2 Å². The number of carboxylic acids is 1. The van der Waals surface area contributed by atoms with Crippen molar-refractivity contribution in [2.75, 3.05) is 4.90 Å². The van der Waals surface area contributed by atoms with Gasteiger partial charge in [0.05, 0.1) is 0 Å². The first-order valence-corrected chi connectivity index (χ1v) is 5.47. The van der Waals surface area contributed by atoms with Gasteiger partial charge in [0.25, 0.3) is 0 Å². The zero-order valence-electron chi connectivity index (χ0n) is 9.71. The SMILES string of the molecule is CC1Cc2cc(O)c(O)cc2N1C(C)C(=O)O. The Labute approximate surface area is 98.9 Å². The largest absolute Gasteiger partial charge is 0.504 e. The molecule has 0 amide bonds. The van der Waals surface area contributed by atoms with E-state index in [1.165, 1.54) is 12.1 Å². The van der Waals surface area contributed by atoms with Gasteiger partial charge in [0.1, 0.15) is 6.04 Å². The summed E-state index contributed by atoms with van der Waals surface area (Å²) in [5, 5.41) is 28.0. The number of anilines is 1. The summed E-state index contributed by atoms with van der Waals surface area (Å²) in [6.45, 7) is 3.53. The molecular weight excluding hydrogens is 222 g/mol. The van der Waals surface area contributed by atoms with Gasteiger partial charge in [-0.15, -0.1) is 0 Å². The van der Waals surface area contributed by atoms with E-state index in [4.69, 9.17) is 5.11 Å². The summed E-state index contributed by atoms with van der Waals surface area (Å²) in [7, 11) is 0. The summed E-state index contributed by atoms with van der Waals surface area (Å²) < 4.78 is 0. The molecule has 1 aromatic carbocycles. The smallest absolute Gasteiger partial charge is 0.326 e. The van der Waals surface area contributed by atoms with Gasteiger partial charge in [0.15, 0.2) is 11.5 Å². The Morgan fingerprint density at radius 1 is 1.41 bits per heavy atom. The van der Waals surface area contributed by atoms with Gasteiger partial charge in [-0.1, -0.05) is 0 Å². The summed E-state index contributed by atoms with van der Waals surface area (Å²) in [6.07, 6.45) is 0.667. The molecule has 2 unspecified atom stereocenters. The molecule has 0 aliphatic carbocycles. The number of rotatable bonds is 2. The third-order valence-electron chi connectivity index (χ3n) is 3.22. The minimum Gasteiger partial charge on any atom is -0.504 e. The molecule has 0 saturated heterocycles. The standard InChI is InChI=1S/C12H15NO4/c1-6-3-8-4-10(14)11(15)5-9(8)13(6)7(2)12(16)17/h4-7,14-15H,3H2,1-2H3,(H,16,17). The van der Waals surface area contributed by atoms with Gasteiger partial charge < -0.3 is 20.2 Å². The molecule has 5 nitrogen and oxygen atoms in total. The number of fused-ring (bicyclic) bond motifs is 1. The third-order valence-corrected chi connectivity index (χ3v) is 3.22. The molecule has 1 aliphatic heterocycles. The average molecular weight is 237 g/mol. The van der Waals surface area contributed by atoms with Crippen LogP contribution in [0.15, 0.2) is 12.1 Å². The van der Waals surface area contributed by atoms with Gasteiger partial charge >= 0.3 is 5.97 Å². The van der Waals surface area contributed by atoms with E-state index in [1.54, 1.807) is 11.8 Å². The highest BCUT2D eigenvalue weighted by Crippen LogP contribution is 2.40. The number of phenolic OH excluding ortho intramolecular Hbond substituents is 2. The Morgan fingerprint density at radius 3 is 2.59 bits per heavy atom. The summed E-state index contributed by atoms with van der Waals surface area (Å²) in [4.78, 5) is 12.8. The van der Waals surface area contributed by atoms with Crippen molar-refractivity contribution in [3.8, 4) is 11.5 Å². The normalized spacial score (nSPS) is 20.1. The van der Waals surface area contributed by atoms with Crippen LogP contribution in [0.3, 0.4) is 0 Å². The van der Waals surface area contributed by atoms with E-state index < -0.39 is 12.0 Å². The van der Waals surface area contributed by atoms with Crippen molar-refractivity contribution in [3.05, 3.63) is 17.7 Å². The second-order valence-corrected chi connectivity index (χ2v) is 4.44. The number of hydrogen-bond acceptors (Lipinski definition) is 4. The zero-order valence-corrected chi connectivity index (χ0v) is 9.71. The van der Waals surface area contributed by atoms with Crippen LogP contribution < -0.4 is 4.90 Å². The van der Waals surface area contributed by atoms with E-state index in [9.17, 15) is 15.0 Å². The highest BCUT2D eigenvalue weighted by Gasteiger charge is 2.33. The van der Waals surface area contributed by atoms with E-state index in [1.807, 2.05) is 6.92 Å². The van der Waals surface area contributed by atoms with Crippen molar-refractivity contribution in [3.63, 3.8) is 0 Å². The van der Waals surface area contributed by atoms with Crippen LogP contribution in [0.25, 0.3) is 0 Å². The molecule has 1 aliphatic rings. The summed E-state index contributed by atoms with van der Waals surface area (Å²) in [5.41, 5.74) is 1.55. The van der Waals surface area contributed by atoms with Gasteiger partial charge in [0, 0.05) is 17.8 Å². The number of carboxylic acid groups (broad SMARTS) is 1. The third kappa shape index (κ3) is 1.77. The van der Waals surface area contributed by atoms with Gasteiger partial charge in [-0.2, -0.15) is 0 Å². The maximum absolute atomic E-state index is 11.0. The molecule has 1 heterocycles. The van der Waals surface area contributed by atoms with Crippen molar-refractivity contribution in [1.29, 1.82) is 0 Å². The van der Waals surface area contributed by atoms with Gasteiger partial charge in [-0.3, -0.25) is 0 Å². The first kappa shape index (κ1) is 11.6. The second kappa shape index (κ2) is 3.84. The maximum atomic E-state index is 11.0. The van der Waals surface area contributed by atoms with Crippen LogP contribution in [-0.4, -0.2) is 33.4 Å². The Kier molecular flexibility index (Phi) is 2.61. The van der Waals surface area contributed by atoms with Crippen molar-refractivity contribution in [2.24, 2.45) is 0 Å². The quantitative estimate of drug-likeness (QED) is 0.676. The van der Waals surface area contributed by atoms with Crippen molar-refractivity contribution >= 4 is 11.7 Å². The number of carbonyl (C=O) groups is 1. The number of aromatic hydroxyl groups is 2. The molecule has 2 atom stereocenters. The lowest BCUT2D eigenvalue weighted by atomic mass is 10.1. The molecule has 0 spiro atoms. The maximum Gasteiger partial charge on any atom is 0.326 e. The molecule has 0 saturated carbocycles. The molecule has 1 aromatic rings. The van der Waals surface area contributed by atoms with Crippen LogP contribution in [0.2, 0.25) is 0 Å². The fourth-order valence-electron chi connectivity index (χ4n) is 2.38. The number of hydrogen-bond donors (Lipinski definition) is 3. The predicted molar refractivity (Wildman–Crippen MR) is 62.5 cm³/mol. The molecule has 0 bridgehead atoms. The fourth-order valence-corrected chi connectivity index (χ4v) is 2.38. The summed E-state index contributed by atoms with van der Waals surface area (Å²) in [6, 6.07) is 2.30. The monoisotopic (exact) mass is 237 g/mol. The van der Waals surface area contributed by atoms with Gasteiger partial charge in [-0.25, -0.2) is 4.79 Å². The average Bonchev–Trinajstić information content (AvgIpc) is 2.53. The lowest BCUT2D eigenvalue weighted by Crippen LogP contribution is -2.42. The Balaban J connectivity index is 2.46. The number of benzene rings is 1. The van der Waals surface area contributed by atoms with E-state index in [2.05, 4.69) is 0 Å². The minimum absolute atomic E-state index is 0.0392. The number of nitrogens with zero attached hydrogens (tertiary/aromatic N) is 1. The van der Waals surface area contributed by atoms with Crippen LogP contribution >= 0.6 is 0 Å². The molecule has 0 aromatic heterocycles. The molecule has 92 valence electrons. The van der Waals surface area contributed by atoms with Crippen LogP contribution in [0.5, 0.6) is 11.5 Å². The molecule has 5 heteroatoms. The van der Waals surface area contributed by atoms with Crippen LogP contribution in [0.4, 0.5) is 5.69 Å². The molecule has 2 rings (SSSR count). The van der Waals surface area contributed by atoms with Gasteiger partial charge in [0.2, 0.25) is 0 Å². The number of aliphatic carboxylic acids is 1. The fraction of sp³-hybridized carbons (Fsp3) is 0.417. The predicted octanol–water partition coefficient (Wildman–Crippen LogP) is 1.32. The first-order valence-electron chi connectivity index (χ1n) is 5.47. The van der Waals surface area contributed by atoms with Gasteiger partial charge in [-0.05, 0) is 31.9 Å². The first-order chi connectivity index (χ1) is 7.91. The second-order valence-electron chi connectivity index (χ2n) is 4.44. The molecule has 3 N–H and O–H groups in total. The lowest BCUT2D eigenvalue weighted by Gasteiger charge is -2.28. The highest BCUT2D eigenvalue weighted by molar-refractivity contribution is 5.80. The summed E-state index contributed by atoms with van der Waals surface area (Å²) >= 11 is 0. The van der Waals surface area contributed by atoms with E-state index in [0.717, 1.165) is 5.56 Å². The summed E-state index contributed by atoms with van der Waals surface area (Å²) in [5.74, 6) is -1.29. The van der Waals surface area contributed by atoms with E-state index >= 15 is 0 Å². The van der Waals surface area contributed by atoms with E-state index in [-0.39, 0.29) is 17.5 Å². The van der Waals surface area contributed by atoms with Crippen LogP contribution in [0, 0.1) is 0 Å². The van der Waals surface area contributed by atoms with Crippen LogP contribution in [0.1, 0.15) is 19.4 Å². The topological polar surface area (TPSA) is 81.0 Å². The van der Waals surface area contributed by atoms with Crippen molar-refractivity contribution in [1.82, 2.24) is 0 Å². The Bertz CT molecular complexity index is 472. The zero-order chi connectivity index (χ0) is 12.7. The Hall–Kier alpha value is -1.91. The molecule has 0 radical (unpaired) electrons.